The van der Waals surface area contributed by atoms with Crippen molar-refractivity contribution in [2.45, 2.75) is 12.8 Å². The number of alkyl halides is 3. The minimum Gasteiger partial charge on any atom is -0.481 e. The molecule has 8 heteroatoms. The zero-order chi connectivity index (χ0) is 29.5. The minimum atomic E-state index is -4.89. The molecule has 5 rings (SSSR count). The molecule has 0 aliphatic rings. The number of nitrogens with zero attached hydrogens (tertiary/aromatic N) is 1. The van der Waals surface area contributed by atoms with Crippen molar-refractivity contribution >= 4 is 27.2 Å². The number of nitro benzene ring substituents is 1. The summed E-state index contributed by atoms with van der Waals surface area (Å²) >= 11 is 0. The van der Waals surface area contributed by atoms with Gasteiger partial charge in [0.05, 0.1) is 11.5 Å². The molecule has 208 valence electrons. The van der Waals surface area contributed by atoms with Gasteiger partial charge in [-0.15, -0.1) is 0 Å². The van der Waals surface area contributed by atoms with E-state index in [1.165, 1.54) is 0 Å². The highest BCUT2D eigenvalue weighted by Gasteiger charge is 2.38. The molecule has 0 amide bonds. The van der Waals surface area contributed by atoms with E-state index >= 15 is 0 Å². The smallest absolute Gasteiger partial charge is 0.423 e. The lowest BCUT2D eigenvalue weighted by atomic mass is 9.97. The summed E-state index contributed by atoms with van der Waals surface area (Å²) in [5.74, 6) is 11.6. The van der Waals surface area contributed by atoms with Gasteiger partial charge >= 0.3 is 6.18 Å². The second-order valence-electron chi connectivity index (χ2n) is 9.16. The van der Waals surface area contributed by atoms with Crippen molar-refractivity contribution in [1.29, 1.82) is 0 Å². The summed E-state index contributed by atoms with van der Waals surface area (Å²) in [7, 11) is 0. The first kappa shape index (κ1) is 28.2. The van der Waals surface area contributed by atoms with Crippen LogP contribution in [-0.2, 0) is 17.5 Å². The lowest BCUT2D eigenvalue weighted by Gasteiger charge is -2.11. The van der Waals surface area contributed by atoms with Crippen LogP contribution in [0, 0.1) is 33.8 Å². The largest absolute Gasteiger partial charge is 0.481 e. The molecule has 0 unspecified atom stereocenters. The van der Waals surface area contributed by atoms with Crippen molar-refractivity contribution in [3.05, 3.63) is 129 Å². The SMILES string of the molecule is O=[N+]([O-])c1ccc(OCC#Cc2ccccc2C#CCOCc2c3ccccc3cc3ccccc23)cc1C(F)(F)F. The van der Waals surface area contributed by atoms with E-state index in [4.69, 9.17) is 9.47 Å². The maximum Gasteiger partial charge on any atom is 0.423 e. The van der Waals surface area contributed by atoms with Crippen molar-refractivity contribution in [2.75, 3.05) is 13.2 Å². The van der Waals surface area contributed by atoms with E-state index < -0.39 is 22.4 Å². The van der Waals surface area contributed by atoms with Crippen molar-refractivity contribution in [3.8, 4) is 29.4 Å². The summed E-state index contributed by atoms with van der Waals surface area (Å²) in [5.41, 5.74) is -0.0308. The van der Waals surface area contributed by atoms with E-state index in [1.54, 1.807) is 12.1 Å². The molecule has 0 saturated carbocycles. The van der Waals surface area contributed by atoms with Crippen molar-refractivity contribution < 1.29 is 27.6 Å². The highest BCUT2D eigenvalue weighted by Crippen LogP contribution is 2.38. The molecule has 5 aromatic rings. The van der Waals surface area contributed by atoms with Crippen LogP contribution in [0.2, 0.25) is 0 Å². The van der Waals surface area contributed by atoms with Gasteiger partial charge in [0.1, 0.15) is 24.5 Å². The first-order chi connectivity index (χ1) is 20.3. The predicted octanol–water partition coefficient (Wildman–Crippen LogP) is 7.92. The zero-order valence-corrected chi connectivity index (χ0v) is 22.1. The fourth-order valence-electron chi connectivity index (χ4n) is 4.54. The summed E-state index contributed by atoms with van der Waals surface area (Å²) in [5, 5.41) is 15.5. The first-order valence-electron chi connectivity index (χ1n) is 12.8. The van der Waals surface area contributed by atoms with Gasteiger partial charge in [-0.25, -0.2) is 0 Å². The van der Waals surface area contributed by atoms with Crippen LogP contribution in [0.5, 0.6) is 5.75 Å². The van der Waals surface area contributed by atoms with Crippen molar-refractivity contribution in [1.82, 2.24) is 0 Å². The Balaban J connectivity index is 1.24. The molecule has 0 fully saturated rings. The van der Waals surface area contributed by atoms with Gasteiger partial charge in [-0.3, -0.25) is 10.1 Å². The van der Waals surface area contributed by atoms with Gasteiger partial charge in [0, 0.05) is 17.2 Å². The van der Waals surface area contributed by atoms with E-state index in [-0.39, 0.29) is 19.0 Å². The quantitative estimate of drug-likeness (QED) is 0.0690. The number of ether oxygens (including phenoxy) is 2. The third kappa shape index (κ3) is 6.52. The summed E-state index contributed by atoms with van der Waals surface area (Å²) in [6.45, 7) is 0.372. The molecule has 0 N–H and O–H groups in total. The molecule has 0 spiro atoms. The maximum atomic E-state index is 13.2. The van der Waals surface area contributed by atoms with Gasteiger partial charge in [0.15, 0.2) is 0 Å². The first-order valence-corrected chi connectivity index (χ1v) is 12.8. The highest BCUT2D eigenvalue weighted by molar-refractivity contribution is 6.02. The monoisotopic (exact) mass is 565 g/mol. The normalized spacial score (nSPS) is 10.9. The Hall–Kier alpha value is -5.31. The van der Waals surface area contributed by atoms with E-state index in [0.29, 0.717) is 23.8 Å². The molecular weight excluding hydrogens is 543 g/mol. The fourth-order valence-corrected chi connectivity index (χ4v) is 4.54. The third-order valence-corrected chi connectivity index (χ3v) is 6.46. The van der Waals surface area contributed by atoms with Crippen LogP contribution in [0.3, 0.4) is 0 Å². The number of halogens is 3. The predicted molar refractivity (Wildman–Crippen MR) is 155 cm³/mol. The molecular formula is C34H22F3NO4. The fraction of sp³-hybridized carbons (Fsp3) is 0.118. The number of fused-ring (bicyclic) bond motifs is 2. The van der Waals surface area contributed by atoms with Crippen molar-refractivity contribution in [3.63, 3.8) is 0 Å². The van der Waals surface area contributed by atoms with Gasteiger partial charge in [-0.1, -0.05) is 84.3 Å². The molecule has 0 bridgehead atoms. The Morgan fingerprint density at radius 3 is 1.90 bits per heavy atom. The van der Waals surface area contributed by atoms with Crippen LogP contribution in [0.25, 0.3) is 21.5 Å². The van der Waals surface area contributed by atoms with Crippen LogP contribution >= 0.6 is 0 Å². The van der Waals surface area contributed by atoms with Crippen molar-refractivity contribution in [2.24, 2.45) is 0 Å². The number of hydrogen-bond acceptors (Lipinski definition) is 4. The number of benzene rings is 5. The van der Waals surface area contributed by atoms with Crippen LogP contribution in [0.1, 0.15) is 22.3 Å². The molecule has 0 aromatic heterocycles. The van der Waals surface area contributed by atoms with Gasteiger partial charge in [0.25, 0.3) is 5.69 Å². The second-order valence-corrected chi connectivity index (χ2v) is 9.16. The lowest BCUT2D eigenvalue weighted by Crippen LogP contribution is -2.09. The zero-order valence-electron chi connectivity index (χ0n) is 22.1. The van der Waals surface area contributed by atoms with Gasteiger partial charge < -0.3 is 9.47 Å². The van der Waals surface area contributed by atoms with Gasteiger partial charge in [-0.2, -0.15) is 13.2 Å². The summed E-state index contributed by atoms with van der Waals surface area (Å²) in [6.07, 6.45) is -4.89. The van der Waals surface area contributed by atoms with Gasteiger partial charge in [0.2, 0.25) is 0 Å². The summed E-state index contributed by atoms with van der Waals surface area (Å²) in [6, 6.07) is 28.2. The van der Waals surface area contributed by atoms with E-state index in [2.05, 4.69) is 54.0 Å². The van der Waals surface area contributed by atoms with Crippen LogP contribution < -0.4 is 4.74 Å². The average Bonchev–Trinajstić information content (AvgIpc) is 2.98. The molecule has 42 heavy (non-hydrogen) atoms. The Labute approximate surface area is 239 Å². The molecule has 0 aliphatic heterocycles. The van der Waals surface area contributed by atoms with Crippen LogP contribution in [0.4, 0.5) is 18.9 Å². The molecule has 5 aromatic carbocycles. The Kier molecular flexibility index (Phi) is 8.38. The maximum absolute atomic E-state index is 13.2. The van der Waals surface area contributed by atoms with E-state index in [0.717, 1.165) is 39.2 Å². The van der Waals surface area contributed by atoms with Crippen LogP contribution in [0.15, 0.2) is 97.1 Å². The number of rotatable bonds is 6. The molecule has 0 aliphatic carbocycles. The van der Waals surface area contributed by atoms with E-state index in [1.807, 2.05) is 36.4 Å². The average molecular weight is 566 g/mol. The van der Waals surface area contributed by atoms with Gasteiger partial charge in [-0.05, 0) is 57.4 Å². The highest BCUT2D eigenvalue weighted by atomic mass is 19.4. The minimum absolute atomic E-state index is 0.175. The second kappa shape index (κ2) is 12.5. The number of nitro groups is 1. The summed E-state index contributed by atoms with van der Waals surface area (Å²) in [4.78, 5) is 9.84. The Morgan fingerprint density at radius 2 is 1.31 bits per heavy atom. The standard InChI is InChI=1S/C34H22F3NO4/c35-34(36,37)32-22-28(17-18-33(32)38(39)40)42-20-8-14-25-10-2-1-9-24(25)13-7-19-41-23-31-29-15-5-3-11-26(29)21-27-12-4-6-16-30(27)31/h1-6,9-12,15-18,21-22H,19-20,23H2. The van der Waals surface area contributed by atoms with E-state index in [9.17, 15) is 23.3 Å². The molecule has 5 nitrogen and oxygen atoms in total. The van der Waals surface area contributed by atoms with Crippen LogP contribution in [-0.4, -0.2) is 18.1 Å². The summed E-state index contributed by atoms with van der Waals surface area (Å²) < 4.78 is 50.8. The molecule has 0 radical (unpaired) electrons. The topological polar surface area (TPSA) is 61.6 Å². The molecule has 0 saturated heterocycles. The Morgan fingerprint density at radius 1 is 0.738 bits per heavy atom. The lowest BCUT2D eigenvalue weighted by molar-refractivity contribution is -0.388. The Bertz CT molecular complexity index is 1860. The third-order valence-electron chi connectivity index (χ3n) is 6.46. The molecule has 0 atom stereocenters. The molecule has 0 heterocycles. The number of hydrogen-bond donors (Lipinski definition) is 0.